The minimum absolute atomic E-state index is 0.400. The number of carbonyl (C=O) groups excluding carboxylic acids is 2. The van der Waals surface area contributed by atoms with E-state index < -0.39 is 42.2 Å². The number of nitrogens with one attached hydrogen (secondary N) is 1. The number of rotatable bonds is 6. The van der Waals surface area contributed by atoms with Gasteiger partial charge < -0.3 is 21.9 Å². The lowest BCUT2D eigenvalue weighted by molar-refractivity contribution is -0.143. The molecule has 0 fully saturated rings. The van der Waals surface area contributed by atoms with Crippen LogP contribution >= 0.6 is 0 Å². The number of aliphatic carboxylic acids is 1. The van der Waals surface area contributed by atoms with Crippen LogP contribution in [0.4, 0.5) is 0 Å². The van der Waals surface area contributed by atoms with E-state index in [1.54, 1.807) is 13.8 Å². The zero-order valence-corrected chi connectivity index (χ0v) is 9.27. The maximum atomic E-state index is 11.5. The van der Waals surface area contributed by atoms with Gasteiger partial charge in [-0.05, 0) is 6.92 Å². The van der Waals surface area contributed by atoms with E-state index in [9.17, 15) is 14.4 Å². The molecule has 0 rings (SSSR count). The monoisotopic (exact) mass is 231 g/mol. The fourth-order valence-corrected chi connectivity index (χ4v) is 0.943. The lowest BCUT2D eigenvalue weighted by Crippen LogP contribution is -2.48. The lowest BCUT2D eigenvalue weighted by Gasteiger charge is -2.18. The molecule has 0 heterocycles. The molecule has 0 aromatic heterocycles. The number of carboxylic acids is 1. The van der Waals surface area contributed by atoms with Gasteiger partial charge in [-0.2, -0.15) is 0 Å². The maximum Gasteiger partial charge on any atom is 0.326 e. The number of carboxylic acid groups (broad SMARTS) is 1. The molecule has 92 valence electrons. The molecule has 0 aliphatic rings. The minimum atomic E-state index is -1.30. The Bertz CT molecular complexity index is 290. The number of hydrogen-bond acceptors (Lipinski definition) is 4. The van der Waals surface area contributed by atoms with Crippen molar-refractivity contribution < 1.29 is 19.5 Å². The number of primary amides is 1. The highest BCUT2D eigenvalue weighted by Crippen LogP contribution is 2.01. The van der Waals surface area contributed by atoms with E-state index in [4.69, 9.17) is 16.6 Å². The average Bonchev–Trinajstić information content (AvgIpc) is 2.14. The van der Waals surface area contributed by atoms with E-state index >= 15 is 0 Å². The van der Waals surface area contributed by atoms with Crippen molar-refractivity contribution in [3.8, 4) is 0 Å². The van der Waals surface area contributed by atoms with E-state index in [1.807, 2.05) is 0 Å². The first-order valence-electron chi connectivity index (χ1n) is 4.82. The van der Waals surface area contributed by atoms with Gasteiger partial charge in [0.1, 0.15) is 6.04 Å². The molecule has 6 N–H and O–H groups in total. The van der Waals surface area contributed by atoms with Crippen LogP contribution in [0, 0.1) is 5.92 Å². The Balaban J connectivity index is 4.46. The molecule has 7 heteroatoms. The van der Waals surface area contributed by atoms with Crippen LogP contribution in [0.3, 0.4) is 0 Å². The molecule has 0 radical (unpaired) electrons. The Hall–Kier alpha value is -1.63. The van der Waals surface area contributed by atoms with Crippen molar-refractivity contribution in [1.82, 2.24) is 5.32 Å². The summed E-state index contributed by atoms with van der Waals surface area (Å²) in [7, 11) is 0. The fraction of sp³-hybridized carbons (Fsp3) is 0.667. The first kappa shape index (κ1) is 14.4. The SMILES string of the molecule is CC(N)C(C)C(=O)N[C@H](CC(N)=O)C(=O)O. The van der Waals surface area contributed by atoms with Gasteiger partial charge >= 0.3 is 5.97 Å². The summed E-state index contributed by atoms with van der Waals surface area (Å²) in [6.45, 7) is 3.21. The molecule has 3 atom stereocenters. The van der Waals surface area contributed by atoms with Crippen LogP contribution in [-0.4, -0.2) is 35.0 Å². The Kier molecular flexibility index (Phi) is 5.44. The molecule has 0 bridgehead atoms. The third-order valence-corrected chi connectivity index (χ3v) is 2.22. The number of hydrogen-bond donors (Lipinski definition) is 4. The predicted molar refractivity (Wildman–Crippen MR) is 56.2 cm³/mol. The van der Waals surface area contributed by atoms with Crippen molar-refractivity contribution >= 4 is 17.8 Å². The molecule has 0 aromatic rings. The van der Waals surface area contributed by atoms with Crippen LogP contribution in [0.2, 0.25) is 0 Å². The first-order chi connectivity index (χ1) is 7.25. The van der Waals surface area contributed by atoms with Crippen molar-refractivity contribution in [2.24, 2.45) is 17.4 Å². The summed E-state index contributed by atoms with van der Waals surface area (Å²) in [4.78, 5) is 32.8. The predicted octanol–water partition coefficient (Wildman–Crippen LogP) is -1.59. The summed E-state index contributed by atoms with van der Waals surface area (Å²) in [6.07, 6.45) is -0.438. The van der Waals surface area contributed by atoms with Crippen molar-refractivity contribution in [1.29, 1.82) is 0 Å². The molecule has 2 unspecified atom stereocenters. The normalized spacial score (nSPS) is 15.9. The van der Waals surface area contributed by atoms with Gasteiger partial charge in [0, 0.05) is 12.0 Å². The van der Waals surface area contributed by atoms with Crippen molar-refractivity contribution in [3.63, 3.8) is 0 Å². The molecular formula is C9H17N3O4. The standard InChI is InChI=1S/C9H17N3O4/c1-4(5(2)10)8(14)12-6(9(15)16)3-7(11)13/h4-6H,3,10H2,1-2H3,(H2,11,13)(H,12,14)(H,15,16)/t4?,5?,6-/m1/s1. The minimum Gasteiger partial charge on any atom is -0.480 e. The van der Waals surface area contributed by atoms with Gasteiger partial charge in [-0.1, -0.05) is 6.92 Å². The Morgan fingerprint density at radius 3 is 2.12 bits per heavy atom. The molecular weight excluding hydrogens is 214 g/mol. The lowest BCUT2D eigenvalue weighted by atomic mass is 10.0. The van der Waals surface area contributed by atoms with E-state index in [0.29, 0.717) is 0 Å². The van der Waals surface area contributed by atoms with E-state index in [2.05, 4.69) is 5.32 Å². The summed E-state index contributed by atoms with van der Waals surface area (Å²) in [5.74, 6) is -3.14. The molecule has 7 nitrogen and oxygen atoms in total. The quantitative estimate of drug-likeness (QED) is 0.437. The first-order valence-corrected chi connectivity index (χ1v) is 4.82. The summed E-state index contributed by atoms with van der Waals surface area (Å²) in [5, 5.41) is 10.9. The second-order valence-electron chi connectivity index (χ2n) is 3.72. The Morgan fingerprint density at radius 1 is 1.31 bits per heavy atom. The van der Waals surface area contributed by atoms with Crippen molar-refractivity contribution in [2.45, 2.75) is 32.4 Å². The molecule has 0 aliphatic heterocycles. The highest BCUT2D eigenvalue weighted by Gasteiger charge is 2.25. The van der Waals surface area contributed by atoms with Crippen LogP contribution in [0.5, 0.6) is 0 Å². The second-order valence-corrected chi connectivity index (χ2v) is 3.72. The van der Waals surface area contributed by atoms with Gasteiger partial charge in [0.05, 0.1) is 6.42 Å². The van der Waals surface area contributed by atoms with Gasteiger partial charge in [0.25, 0.3) is 0 Å². The summed E-state index contributed by atoms with van der Waals surface area (Å²) < 4.78 is 0. The largest absolute Gasteiger partial charge is 0.480 e. The Labute approximate surface area is 93.2 Å². The van der Waals surface area contributed by atoms with E-state index in [0.717, 1.165) is 0 Å². The van der Waals surface area contributed by atoms with Crippen LogP contribution in [0.25, 0.3) is 0 Å². The van der Waals surface area contributed by atoms with Crippen molar-refractivity contribution in [2.75, 3.05) is 0 Å². The average molecular weight is 231 g/mol. The van der Waals surface area contributed by atoms with Crippen LogP contribution < -0.4 is 16.8 Å². The molecule has 16 heavy (non-hydrogen) atoms. The van der Waals surface area contributed by atoms with Gasteiger partial charge in [-0.25, -0.2) is 4.79 Å². The number of carbonyl (C=O) groups is 3. The summed E-state index contributed by atoms with van der Waals surface area (Å²) in [6, 6.07) is -1.70. The van der Waals surface area contributed by atoms with E-state index in [-0.39, 0.29) is 0 Å². The summed E-state index contributed by atoms with van der Waals surface area (Å²) >= 11 is 0. The molecule has 2 amide bonds. The molecule has 0 saturated carbocycles. The van der Waals surface area contributed by atoms with Crippen LogP contribution in [0.15, 0.2) is 0 Å². The van der Waals surface area contributed by atoms with Gasteiger partial charge in [0.15, 0.2) is 0 Å². The maximum absolute atomic E-state index is 11.5. The van der Waals surface area contributed by atoms with Gasteiger partial charge in [-0.3, -0.25) is 9.59 Å². The van der Waals surface area contributed by atoms with E-state index in [1.165, 1.54) is 0 Å². The van der Waals surface area contributed by atoms with Gasteiger partial charge in [-0.15, -0.1) is 0 Å². The molecule has 0 aliphatic carbocycles. The molecule has 0 spiro atoms. The van der Waals surface area contributed by atoms with Crippen LogP contribution in [-0.2, 0) is 14.4 Å². The highest BCUT2D eigenvalue weighted by atomic mass is 16.4. The number of amides is 2. The zero-order chi connectivity index (χ0) is 12.9. The molecule has 0 saturated heterocycles. The van der Waals surface area contributed by atoms with Crippen LogP contribution in [0.1, 0.15) is 20.3 Å². The fourth-order valence-electron chi connectivity index (χ4n) is 0.943. The smallest absolute Gasteiger partial charge is 0.326 e. The second kappa shape index (κ2) is 6.06. The van der Waals surface area contributed by atoms with Gasteiger partial charge in [0.2, 0.25) is 11.8 Å². The number of nitrogens with two attached hydrogens (primary N) is 2. The Morgan fingerprint density at radius 2 is 1.81 bits per heavy atom. The zero-order valence-electron chi connectivity index (χ0n) is 9.27. The molecule has 0 aromatic carbocycles. The summed E-state index contributed by atoms with van der Waals surface area (Å²) in [5.41, 5.74) is 10.4. The third-order valence-electron chi connectivity index (χ3n) is 2.22. The van der Waals surface area contributed by atoms with Crippen molar-refractivity contribution in [3.05, 3.63) is 0 Å². The topological polar surface area (TPSA) is 136 Å². The highest BCUT2D eigenvalue weighted by molar-refractivity contribution is 5.88. The third kappa shape index (κ3) is 4.74.